The highest BCUT2D eigenvalue weighted by Crippen LogP contribution is 2.44. The first-order valence-corrected chi connectivity index (χ1v) is 11.3. The highest BCUT2D eigenvalue weighted by atomic mass is 79.9. The van der Waals surface area contributed by atoms with Crippen molar-refractivity contribution >= 4 is 54.5 Å². The van der Waals surface area contributed by atoms with E-state index >= 15 is 0 Å². The molecule has 1 nitrogen and oxygen atoms in total. The van der Waals surface area contributed by atoms with E-state index in [2.05, 4.69) is 131 Å². The molecular weight excluding hydrogens is 430 g/mol. The van der Waals surface area contributed by atoms with Gasteiger partial charge < -0.3 is 4.90 Å². The zero-order valence-electron chi connectivity index (χ0n) is 16.8. The largest absolute Gasteiger partial charge is 0.309 e. The van der Waals surface area contributed by atoms with Gasteiger partial charge in [-0.1, -0.05) is 94.8 Å². The van der Waals surface area contributed by atoms with Crippen LogP contribution < -0.4 is 4.90 Å². The van der Waals surface area contributed by atoms with Gasteiger partial charge in [-0.3, -0.25) is 0 Å². The lowest BCUT2D eigenvalue weighted by atomic mass is 9.94. The van der Waals surface area contributed by atoms with Crippen LogP contribution in [0.1, 0.15) is 11.1 Å². The van der Waals surface area contributed by atoms with Gasteiger partial charge in [0.05, 0.1) is 5.69 Å². The second-order valence-corrected chi connectivity index (χ2v) is 8.10. The van der Waals surface area contributed by atoms with Crippen LogP contribution in [-0.2, 0) is 5.33 Å². The molecule has 0 radical (unpaired) electrons. The van der Waals surface area contributed by atoms with Gasteiger partial charge in [-0.25, -0.2) is 0 Å². The molecule has 0 fully saturated rings. The van der Waals surface area contributed by atoms with Crippen molar-refractivity contribution in [2.45, 2.75) is 12.3 Å². The van der Waals surface area contributed by atoms with Gasteiger partial charge in [-0.05, 0) is 53.1 Å². The summed E-state index contributed by atoms with van der Waals surface area (Å²) in [4.78, 5) is 2.39. The Morgan fingerprint density at radius 2 is 1.03 bits per heavy atom. The summed E-state index contributed by atoms with van der Waals surface area (Å²) >= 11 is 3.57. The molecule has 0 unspecified atom stereocenters. The minimum absolute atomic E-state index is 0.856. The Morgan fingerprint density at radius 1 is 0.567 bits per heavy atom. The maximum Gasteiger partial charge on any atom is 0.0618 e. The summed E-state index contributed by atoms with van der Waals surface area (Å²) < 4.78 is 0. The minimum atomic E-state index is 0.856. The number of benzene rings is 5. The van der Waals surface area contributed by atoms with E-state index in [0.717, 1.165) is 16.7 Å². The smallest absolute Gasteiger partial charge is 0.0618 e. The van der Waals surface area contributed by atoms with Crippen molar-refractivity contribution in [1.82, 2.24) is 0 Å². The molecule has 0 heterocycles. The molecule has 5 rings (SSSR count). The average Bonchev–Trinajstić information content (AvgIpc) is 2.82. The Labute approximate surface area is 185 Å². The summed E-state index contributed by atoms with van der Waals surface area (Å²) in [5, 5.41) is 5.98. The summed E-state index contributed by atoms with van der Waals surface area (Å²) in [5.74, 6) is 0. The van der Waals surface area contributed by atoms with E-state index in [9.17, 15) is 0 Å². The SMILES string of the molecule is Cc1c2ccccc2c(N(c2ccccc2)c2ccc(CBr)cc2)c2ccccc12. The van der Waals surface area contributed by atoms with Gasteiger partial charge in [0, 0.05) is 27.5 Å². The van der Waals surface area contributed by atoms with Crippen LogP contribution in [-0.4, -0.2) is 0 Å². The molecule has 0 saturated heterocycles. The van der Waals surface area contributed by atoms with Crippen LogP contribution in [0.3, 0.4) is 0 Å². The predicted molar refractivity (Wildman–Crippen MR) is 134 cm³/mol. The molecule has 0 saturated carbocycles. The van der Waals surface area contributed by atoms with Crippen LogP contribution in [0.5, 0.6) is 0 Å². The van der Waals surface area contributed by atoms with Crippen molar-refractivity contribution in [3.63, 3.8) is 0 Å². The number of para-hydroxylation sites is 1. The topological polar surface area (TPSA) is 3.24 Å². The number of alkyl halides is 1. The monoisotopic (exact) mass is 451 g/mol. The fourth-order valence-corrected chi connectivity index (χ4v) is 4.66. The molecule has 5 aromatic rings. The molecule has 0 bridgehead atoms. The molecular formula is C28H22BrN. The molecule has 0 atom stereocenters. The first kappa shape index (κ1) is 18.9. The highest BCUT2D eigenvalue weighted by molar-refractivity contribution is 9.08. The van der Waals surface area contributed by atoms with Crippen LogP contribution in [0.15, 0.2) is 103 Å². The molecule has 5 aromatic carbocycles. The predicted octanol–water partition coefficient (Wildman–Crippen LogP) is 8.67. The second kappa shape index (κ2) is 7.97. The van der Waals surface area contributed by atoms with Crippen molar-refractivity contribution < 1.29 is 0 Å². The first-order valence-electron chi connectivity index (χ1n) is 10.2. The third-order valence-electron chi connectivity index (χ3n) is 5.76. The normalized spacial score (nSPS) is 11.1. The molecule has 0 aromatic heterocycles. The molecule has 0 amide bonds. The fraction of sp³-hybridized carbons (Fsp3) is 0.0714. The van der Waals surface area contributed by atoms with Crippen molar-refractivity contribution in [1.29, 1.82) is 0 Å². The van der Waals surface area contributed by atoms with Gasteiger partial charge in [0.2, 0.25) is 0 Å². The van der Waals surface area contributed by atoms with Crippen LogP contribution in [0.4, 0.5) is 17.1 Å². The van der Waals surface area contributed by atoms with Crippen LogP contribution in [0, 0.1) is 6.92 Å². The number of fused-ring (bicyclic) bond motifs is 2. The number of hydrogen-bond donors (Lipinski definition) is 0. The summed E-state index contributed by atoms with van der Waals surface area (Å²) in [6, 6.07) is 36.9. The summed E-state index contributed by atoms with van der Waals surface area (Å²) in [7, 11) is 0. The molecule has 0 aliphatic rings. The zero-order chi connectivity index (χ0) is 20.5. The van der Waals surface area contributed by atoms with Crippen molar-refractivity contribution in [2.75, 3.05) is 4.90 Å². The third kappa shape index (κ3) is 3.18. The average molecular weight is 452 g/mol. The maximum atomic E-state index is 3.57. The standard InChI is InChI=1S/C28H22BrN/c1-20-24-11-5-7-13-26(24)28(27-14-8-6-12-25(20)27)30(22-9-3-2-4-10-22)23-17-15-21(19-29)16-18-23/h2-18H,19H2,1H3. The number of rotatable bonds is 4. The fourth-order valence-electron chi connectivity index (χ4n) is 4.28. The van der Waals surface area contributed by atoms with E-state index in [4.69, 9.17) is 0 Å². The third-order valence-corrected chi connectivity index (χ3v) is 6.41. The number of nitrogens with zero attached hydrogens (tertiary/aromatic N) is 1. The highest BCUT2D eigenvalue weighted by Gasteiger charge is 2.19. The molecule has 30 heavy (non-hydrogen) atoms. The van der Waals surface area contributed by atoms with Crippen LogP contribution in [0.2, 0.25) is 0 Å². The van der Waals surface area contributed by atoms with Crippen molar-refractivity contribution in [3.8, 4) is 0 Å². The molecule has 0 spiro atoms. The van der Waals surface area contributed by atoms with Crippen molar-refractivity contribution in [3.05, 3.63) is 114 Å². The number of anilines is 3. The second-order valence-electron chi connectivity index (χ2n) is 7.54. The molecule has 0 N–H and O–H groups in total. The number of hydrogen-bond acceptors (Lipinski definition) is 1. The molecule has 0 aliphatic carbocycles. The number of aryl methyl sites for hydroxylation is 1. The van der Waals surface area contributed by atoms with Crippen LogP contribution in [0.25, 0.3) is 21.5 Å². The van der Waals surface area contributed by atoms with E-state index < -0.39 is 0 Å². The quantitative estimate of drug-likeness (QED) is 0.195. The Morgan fingerprint density at radius 3 is 1.57 bits per heavy atom. The van der Waals surface area contributed by atoms with E-state index in [1.54, 1.807) is 0 Å². The molecule has 0 aliphatic heterocycles. The van der Waals surface area contributed by atoms with Gasteiger partial charge in [-0.2, -0.15) is 0 Å². The van der Waals surface area contributed by atoms with Gasteiger partial charge in [0.15, 0.2) is 0 Å². The Bertz CT molecular complexity index is 1270. The Balaban J connectivity index is 1.90. The summed E-state index contributed by atoms with van der Waals surface area (Å²) in [6.07, 6.45) is 0. The Kier molecular flexibility index (Phi) is 5.02. The lowest BCUT2D eigenvalue weighted by Crippen LogP contribution is -2.11. The number of halogens is 1. The van der Waals surface area contributed by atoms with E-state index in [-0.39, 0.29) is 0 Å². The zero-order valence-corrected chi connectivity index (χ0v) is 18.4. The van der Waals surface area contributed by atoms with Gasteiger partial charge in [0.25, 0.3) is 0 Å². The van der Waals surface area contributed by atoms with Crippen LogP contribution >= 0.6 is 15.9 Å². The first-order chi connectivity index (χ1) is 14.8. The maximum absolute atomic E-state index is 3.57. The van der Waals surface area contributed by atoms with E-state index in [1.807, 2.05) is 0 Å². The lowest BCUT2D eigenvalue weighted by molar-refractivity contribution is 1.29. The summed E-state index contributed by atoms with van der Waals surface area (Å²) in [5.41, 5.74) is 6.14. The molecule has 2 heteroatoms. The lowest BCUT2D eigenvalue weighted by Gasteiger charge is -2.29. The van der Waals surface area contributed by atoms with Crippen molar-refractivity contribution in [2.24, 2.45) is 0 Å². The van der Waals surface area contributed by atoms with E-state index in [1.165, 1.54) is 38.4 Å². The summed E-state index contributed by atoms with van der Waals surface area (Å²) in [6.45, 7) is 2.23. The Hall–Kier alpha value is -3.10. The minimum Gasteiger partial charge on any atom is -0.309 e. The molecule has 146 valence electrons. The van der Waals surface area contributed by atoms with Gasteiger partial charge in [-0.15, -0.1) is 0 Å². The van der Waals surface area contributed by atoms with Gasteiger partial charge >= 0.3 is 0 Å². The van der Waals surface area contributed by atoms with E-state index in [0.29, 0.717) is 0 Å². The van der Waals surface area contributed by atoms with Gasteiger partial charge in [0.1, 0.15) is 0 Å².